The molecule has 0 atom stereocenters. The molecule has 0 fully saturated rings. The quantitative estimate of drug-likeness (QED) is 0.245. The summed E-state index contributed by atoms with van der Waals surface area (Å²) in [6.45, 7) is 6.17. The molecule has 2 N–H and O–H groups in total. The zero-order valence-electron chi connectivity index (χ0n) is 5.39. The van der Waals surface area contributed by atoms with Gasteiger partial charge in [-0.1, -0.05) is 0 Å². The van der Waals surface area contributed by atoms with Gasteiger partial charge in [-0.05, 0) is 13.8 Å². The summed E-state index contributed by atoms with van der Waals surface area (Å²) < 4.78 is 2.03. The molecule has 0 rings (SSSR count). The summed E-state index contributed by atoms with van der Waals surface area (Å²) in [5.41, 5.74) is 5.19. The molecule has 0 aromatic carbocycles. The predicted molar refractivity (Wildman–Crippen MR) is 31.6 cm³/mol. The highest BCUT2D eigenvalue weighted by atomic mass is 35.5. The Kier molecular flexibility index (Phi) is 9.03. The van der Waals surface area contributed by atoms with Crippen molar-refractivity contribution in [3.05, 3.63) is 0 Å². The first kappa shape index (κ1) is 10.7. The molecule has 0 bridgehead atoms. The zero-order chi connectivity index (χ0) is 5.70. The molecule has 0 heterocycles. The largest absolute Gasteiger partial charge is 1.00 e. The van der Waals surface area contributed by atoms with Crippen molar-refractivity contribution in [1.29, 1.82) is 0 Å². The molecule has 0 aromatic heterocycles. The molecule has 0 aliphatic heterocycles. The van der Waals surface area contributed by atoms with Crippen molar-refractivity contribution in [2.45, 2.75) is 13.8 Å². The second-order valence-electron chi connectivity index (χ2n) is 1.37. The second kappa shape index (κ2) is 6.76. The molecule has 0 aliphatic rings. The predicted octanol–water partition coefficient (Wildman–Crippen LogP) is -2.97. The monoisotopic (exact) mass is 136 g/mol. The average molecular weight is 137 g/mol. The van der Waals surface area contributed by atoms with Crippen molar-refractivity contribution in [2.75, 3.05) is 13.1 Å². The van der Waals surface area contributed by atoms with Crippen molar-refractivity contribution >= 4 is 6.34 Å². The normalized spacial score (nSPS) is 7.25. The maximum absolute atomic E-state index is 5.19. The molecule has 8 heavy (non-hydrogen) atoms. The number of rotatable bonds is 2. The molecule has 2 nitrogen and oxygen atoms in total. The lowest BCUT2D eigenvalue weighted by molar-refractivity contribution is -0.516. The molecule has 50 valence electrons. The summed E-state index contributed by atoms with van der Waals surface area (Å²) in [4.78, 5) is 0. The van der Waals surface area contributed by atoms with E-state index in [1.165, 1.54) is 0 Å². The van der Waals surface area contributed by atoms with Crippen LogP contribution in [-0.4, -0.2) is 24.0 Å². The van der Waals surface area contributed by atoms with Crippen LogP contribution in [0.15, 0.2) is 0 Å². The summed E-state index contributed by atoms with van der Waals surface area (Å²) in [5.74, 6) is 0. The highest BCUT2D eigenvalue weighted by Gasteiger charge is 1.83. The molecule has 0 spiro atoms. The van der Waals surface area contributed by atoms with Crippen LogP contribution in [0.1, 0.15) is 13.8 Å². The summed E-state index contributed by atoms with van der Waals surface area (Å²) in [5, 5.41) is 0. The highest BCUT2D eigenvalue weighted by molar-refractivity contribution is 5.44. The molecule has 0 saturated heterocycles. The molecule has 0 aliphatic carbocycles. The van der Waals surface area contributed by atoms with Gasteiger partial charge in [-0.25, -0.2) is 0 Å². The Bertz CT molecular complexity index is 64.8. The molecular weight excluding hydrogens is 124 g/mol. The van der Waals surface area contributed by atoms with Gasteiger partial charge in [-0.15, -0.1) is 0 Å². The van der Waals surface area contributed by atoms with E-state index in [2.05, 4.69) is 13.8 Å². The van der Waals surface area contributed by atoms with Crippen LogP contribution in [0.3, 0.4) is 0 Å². The van der Waals surface area contributed by atoms with Crippen LogP contribution in [0.5, 0.6) is 0 Å². The fourth-order valence-corrected chi connectivity index (χ4v) is 0.434. The van der Waals surface area contributed by atoms with E-state index < -0.39 is 0 Å². The van der Waals surface area contributed by atoms with Gasteiger partial charge in [0.15, 0.2) is 0 Å². The minimum atomic E-state index is 0. The summed E-state index contributed by atoms with van der Waals surface area (Å²) in [6, 6.07) is 0. The van der Waals surface area contributed by atoms with E-state index in [-0.39, 0.29) is 12.4 Å². The van der Waals surface area contributed by atoms with Gasteiger partial charge < -0.3 is 12.4 Å². The third-order valence-corrected chi connectivity index (χ3v) is 1.02. The third-order valence-electron chi connectivity index (χ3n) is 1.02. The van der Waals surface area contributed by atoms with Crippen LogP contribution in [0.4, 0.5) is 0 Å². The fraction of sp³-hybridized carbons (Fsp3) is 0.800. The summed E-state index contributed by atoms with van der Waals surface area (Å²) in [7, 11) is 0. The molecular formula is C5H13ClN2. The van der Waals surface area contributed by atoms with Crippen molar-refractivity contribution in [1.82, 2.24) is 0 Å². The maximum atomic E-state index is 5.19. The Hall–Kier alpha value is -0.240. The molecule has 0 aromatic rings. The molecule has 0 unspecified atom stereocenters. The van der Waals surface area contributed by atoms with Crippen LogP contribution in [0.2, 0.25) is 0 Å². The smallest absolute Gasteiger partial charge is 0.229 e. The number of nitrogens with zero attached hydrogens (tertiary/aromatic N) is 1. The van der Waals surface area contributed by atoms with Gasteiger partial charge in [0.25, 0.3) is 0 Å². The first-order chi connectivity index (χ1) is 3.35. The van der Waals surface area contributed by atoms with Crippen molar-refractivity contribution in [2.24, 2.45) is 5.73 Å². The minimum Gasteiger partial charge on any atom is -1.00 e. The van der Waals surface area contributed by atoms with Gasteiger partial charge in [-0.3, -0.25) is 10.3 Å². The third kappa shape index (κ3) is 3.93. The van der Waals surface area contributed by atoms with Crippen LogP contribution in [-0.2, 0) is 0 Å². The molecule has 0 saturated carbocycles. The Morgan fingerprint density at radius 1 is 1.38 bits per heavy atom. The van der Waals surface area contributed by atoms with E-state index in [1.54, 1.807) is 6.34 Å². The van der Waals surface area contributed by atoms with Gasteiger partial charge in [0.05, 0.1) is 13.1 Å². The van der Waals surface area contributed by atoms with Gasteiger partial charge in [0, 0.05) is 0 Å². The average Bonchev–Trinajstić information content (AvgIpc) is 1.72. The van der Waals surface area contributed by atoms with E-state index in [0.717, 1.165) is 13.1 Å². The molecule has 0 amide bonds. The van der Waals surface area contributed by atoms with E-state index in [1.807, 2.05) is 4.58 Å². The van der Waals surface area contributed by atoms with E-state index >= 15 is 0 Å². The lowest BCUT2D eigenvalue weighted by Crippen LogP contribution is -3.00. The SMILES string of the molecule is CC[N+](=CN)CC.[Cl-]. The summed E-state index contributed by atoms with van der Waals surface area (Å²) in [6.07, 6.45) is 1.61. The maximum Gasteiger partial charge on any atom is 0.229 e. The van der Waals surface area contributed by atoms with Gasteiger partial charge >= 0.3 is 0 Å². The number of hydrogen-bond acceptors (Lipinski definition) is 0. The van der Waals surface area contributed by atoms with Crippen molar-refractivity contribution in [3.8, 4) is 0 Å². The van der Waals surface area contributed by atoms with E-state index in [0.29, 0.717) is 0 Å². The first-order valence-corrected chi connectivity index (χ1v) is 2.64. The van der Waals surface area contributed by atoms with Gasteiger partial charge in [0.1, 0.15) is 0 Å². The second-order valence-corrected chi connectivity index (χ2v) is 1.37. The van der Waals surface area contributed by atoms with Gasteiger partial charge in [0.2, 0.25) is 6.34 Å². The standard InChI is InChI=1S/C5H12N2.ClH/c1-3-7(4-2)5-6;/h5-6H,3-4H2,1-2H3;1H. The van der Waals surface area contributed by atoms with Crippen molar-refractivity contribution in [3.63, 3.8) is 0 Å². The lowest BCUT2D eigenvalue weighted by atomic mass is 10.6. The molecule has 0 radical (unpaired) electrons. The van der Waals surface area contributed by atoms with E-state index in [9.17, 15) is 0 Å². The highest BCUT2D eigenvalue weighted by Crippen LogP contribution is 1.66. The van der Waals surface area contributed by atoms with Crippen LogP contribution in [0.25, 0.3) is 0 Å². The number of hydrogen-bond donors (Lipinski definition) is 1. The topological polar surface area (TPSA) is 29.0 Å². The van der Waals surface area contributed by atoms with Gasteiger partial charge in [-0.2, -0.15) is 0 Å². The summed E-state index contributed by atoms with van der Waals surface area (Å²) >= 11 is 0. The fourth-order valence-electron chi connectivity index (χ4n) is 0.434. The first-order valence-electron chi connectivity index (χ1n) is 2.64. The number of nitrogens with two attached hydrogens (primary N) is 1. The Balaban J connectivity index is 0. The Morgan fingerprint density at radius 3 is 1.75 bits per heavy atom. The Morgan fingerprint density at radius 2 is 1.75 bits per heavy atom. The lowest BCUT2D eigenvalue weighted by Gasteiger charge is -1.93. The van der Waals surface area contributed by atoms with Crippen molar-refractivity contribution < 1.29 is 17.0 Å². The molecule has 3 heteroatoms. The van der Waals surface area contributed by atoms with Crippen LogP contribution >= 0.6 is 0 Å². The zero-order valence-corrected chi connectivity index (χ0v) is 6.15. The van der Waals surface area contributed by atoms with Crippen LogP contribution in [0, 0.1) is 0 Å². The van der Waals surface area contributed by atoms with Crippen LogP contribution < -0.4 is 18.1 Å². The Labute approximate surface area is 56.8 Å². The number of halogens is 1. The van der Waals surface area contributed by atoms with E-state index in [4.69, 9.17) is 5.73 Å². The minimum absolute atomic E-state index is 0.